The SMILES string of the molecule is CC(C)Cc1cc2cnc(-c3cc(-c4[c-]c5ccccc5c(C(C)(C)C)c4)ncn3)cc2s1.CCC(CC)C(=O)/C=C(\O)C(CC)CC.[Ir]. The molecule has 0 aliphatic heterocycles. The molecule has 0 saturated carbocycles. The number of nitrogens with zero attached hydrogens (tertiary/aromatic N) is 3. The first-order valence-electron chi connectivity index (χ1n) is 17.5. The van der Waals surface area contributed by atoms with E-state index in [4.69, 9.17) is 4.98 Å². The van der Waals surface area contributed by atoms with E-state index in [9.17, 15) is 9.90 Å². The van der Waals surface area contributed by atoms with Gasteiger partial charge in [-0.2, -0.15) is 0 Å². The van der Waals surface area contributed by atoms with E-state index in [-0.39, 0.29) is 48.9 Å². The third-order valence-corrected chi connectivity index (χ3v) is 10.1. The van der Waals surface area contributed by atoms with Gasteiger partial charge in [0.1, 0.15) is 6.33 Å². The van der Waals surface area contributed by atoms with Crippen molar-refractivity contribution in [2.75, 3.05) is 0 Å². The topological polar surface area (TPSA) is 76.0 Å². The Morgan fingerprint density at radius 1 is 0.878 bits per heavy atom. The average molecular weight is 855 g/mol. The minimum absolute atomic E-state index is 0. The van der Waals surface area contributed by atoms with E-state index >= 15 is 0 Å². The van der Waals surface area contributed by atoms with Crippen molar-refractivity contribution in [1.29, 1.82) is 0 Å². The van der Waals surface area contributed by atoms with Gasteiger partial charge >= 0.3 is 0 Å². The van der Waals surface area contributed by atoms with Crippen LogP contribution in [0.4, 0.5) is 0 Å². The molecule has 5 rings (SSSR count). The Balaban J connectivity index is 0.000000347. The fourth-order valence-corrected chi connectivity index (χ4v) is 7.33. The van der Waals surface area contributed by atoms with E-state index in [0.29, 0.717) is 5.92 Å². The van der Waals surface area contributed by atoms with Crippen LogP contribution in [0, 0.1) is 23.8 Å². The van der Waals surface area contributed by atoms with E-state index in [1.165, 1.54) is 32.0 Å². The molecule has 0 saturated heterocycles. The summed E-state index contributed by atoms with van der Waals surface area (Å²) in [5, 5.41) is 13.3. The van der Waals surface area contributed by atoms with Crippen LogP contribution in [0.1, 0.15) is 98.4 Å². The average Bonchev–Trinajstić information content (AvgIpc) is 3.46. The first-order chi connectivity index (χ1) is 22.9. The molecule has 5 nitrogen and oxygen atoms in total. The molecule has 3 heterocycles. The first-order valence-corrected chi connectivity index (χ1v) is 18.3. The molecule has 5 aromatic rings. The van der Waals surface area contributed by atoms with Gasteiger partial charge in [-0.05, 0) is 61.6 Å². The van der Waals surface area contributed by atoms with Crippen molar-refractivity contribution in [3.63, 3.8) is 0 Å². The van der Waals surface area contributed by atoms with Crippen LogP contribution in [-0.2, 0) is 36.7 Å². The van der Waals surface area contributed by atoms with Crippen LogP contribution < -0.4 is 0 Å². The number of benzene rings is 2. The number of rotatable bonds is 11. The Morgan fingerprint density at radius 2 is 1.51 bits per heavy atom. The Labute approximate surface area is 311 Å². The number of hydrogen-bond acceptors (Lipinski definition) is 6. The maximum atomic E-state index is 11.7. The van der Waals surface area contributed by atoms with Crippen LogP contribution in [0.25, 0.3) is 43.5 Å². The number of pyridine rings is 1. The zero-order valence-electron chi connectivity index (χ0n) is 30.6. The van der Waals surface area contributed by atoms with Gasteiger partial charge in [-0.25, -0.2) is 4.98 Å². The normalized spacial score (nSPS) is 12.0. The van der Waals surface area contributed by atoms with E-state index in [0.717, 1.165) is 60.1 Å². The van der Waals surface area contributed by atoms with Crippen molar-refractivity contribution in [2.45, 2.75) is 99.8 Å². The summed E-state index contributed by atoms with van der Waals surface area (Å²) < 4.78 is 1.25. The number of fused-ring (bicyclic) bond motifs is 2. The van der Waals surface area contributed by atoms with Crippen molar-refractivity contribution in [3.05, 3.63) is 89.4 Å². The van der Waals surface area contributed by atoms with E-state index in [2.05, 4.69) is 93.1 Å². The summed E-state index contributed by atoms with van der Waals surface area (Å²) in [5.74, 6) is 1.19. The number of aliphatic hydroxyl groups excluding tert-OH is 1. The minimum Gasteiger partial charge on any atom is -0.512 e. The molecule has 1 N–H and O–H groups in total. The third kappa shape index (κ3) is 10.4. The maximum Gasteiger partial charge on any atom is 0.162 e. The number of carbonyl (C=O) groups is 1. The molecule has 263 valence electrons. The molecule has 0 fully saturated rings. The van der Waals surface area contributed by atoms with Crippen molar-refractivity contribution in [3.8, 4) is 22.6 Å². The monoisotopic (exact) mass is 855 g/mol. The quantitative estimate of drug-likeness (QED) is 0.0814. The summed E-state index contributed by atoms with van der Waals surface area (Å²) in [6, 6.07) is 20.7. The molecular formula is C42H52IrN3O2S-. The van der Waals surface area contributed by atoms with Crippen LogP contribution in [0.2, 0.25) is 0 Å². The molecule has 3 aromatic heterocycles. The molecular weight excluding hydrogens is 803 g/mol. The largest absolute Gasteiger partial charge is 0.512 e. The van der Waals surface area contributed by atoms with Crippen LogP contribution in [0.3, 0.4) is 0 Å². The van der Waals surface area contributed by atoms with Gasteiger partial charge in [0.05, 0.1) is 17.1 Å². The molecule has 0 amide bonds. The van der Waals surface area contributed by atoms with Gasteiger partial charge in [0, 0.05) is 64.9 Å². The Bertz CT molecular complexity index is 1860. The number of ketones is 1. The third-order valence-electron chi connectivity index (χ3n) is 8.93. The van der Waals surface area contributed by atoms with Crippen LogP contribution in [0.15, 0.2) is 72.9 Å². The molecule has 0 atom stereocenters. The first kappa shape index (κ1) is 40.2. The van der Waals surface area contributed by atoms with Crippen molar-refractivity contribution in [1.82, 2.24) is 15.0 Å². The molecule has 0 spiro atoms. The van der Waals surface area contributed by atoms with Crippen molar-refractivity contribution >= 4 is 38.0 Å². The number of aliphatic hydroxyl groups is 1. The molecule has 2 aromatic carbocycles. The van der Waals surface area contributed by atoms with Crippen LogP contribution in [0.5, 0.6) is 0 Å². The summed E-state index contributed by atoms with van der Waals surface area (Å²) in [5.41, 5.74) is 4.87. The molecule has 49 heavy (non-hydrogen) atoms. The summed E-state index contributed by atoms with van der Waals surface area (Å²) >= 11 is 1.85. The second-order valence-electron chi connectivity index (χ2n) is 14.1. The second kappa shape index (κ2) is 18.1. The van der Waals surface area contributed by atoms with Crippen LogP contribution in [-0.4, -0.2) is 25.8 Å². The van der Waals surface area contributed by atoms with Crippen LogP contribution >= 0.6 is 11.3 Å². The molecule has 0 aliphatic rings. The van der Waals surface area contributed by atoms with Gasteiger partial charge in [-0.3, -0.25) is 14.8 Å². The predicted molar refractivity (Wildman–Crippen MR) is 204 cm³/mol. The Hall–Kier alpha value is -3.25. The number of allylic oxidation sites excluding steroid dienone is 2. The Kier molecular flexibility index (Phi) is 14.9. The second-order valence-corrected chi connectivity index (χ2v) is 15.3. The number of carbonyl (C=O) groups excluding carboxylic acids is 1. The van der Waals surface area contributed by atoms with Gasteiger partial charge in [0.2, 0.25) is 0 Å². The number of hydrogen-bond donors (Lipinski definition) is 1. The molecule has 0 unspecified atom stereocenters. The van der Waals surface area contributed by atoms with E-state index < -0.39 is 0 Å². The van der Waals surface area contributed by atoms with Gasteiger partial charge < -0.3 is 5.11 Å². The van der Waals surface area contributed by atoms with Crippen molar-refractivity contribution < 1.29 is 30.0 Å². The fraction of sp³-hybridized carbons (Fsp3) is 0.429. The Morgan fingerprint density at radius 3 is 2.14 bits per heavy atom. The van der Waals surface area contributed by atoms with E-state index in [1.807, 2.05) is 51.3 Å². The molecule has 1 radical (unpaired) electrons. The van der Waals surface area contributed by atoms with Crippen molar-refractivity contribution in [2.24, 2.45) is 17.8 Å². The predicted octanol–water partition coefficient (Wildman–Crippen LogP) is 11.7. The molecule has 0 bridgehead atoms. The summed E-state index contributed by atoms with van der Waals surface area (Å²) in [6.07, 6.45) is 9.60. The van der Waals surface area contributed by atoms with Gasteiger partial charge in [0.15, 0.2) is 5.78 Å². The van der Waals surface area contributed by atoms with Gasteiger partial charge in [-0.15, -0.1) is 40.5 Å². The maximum absolute atomic E-state index is 11.7. The minimum atomic E-state index is 0. The summed E-state index contributed by atoms with van der Waals surface area (Å²) in [4.78, 5) is 27.0. The zero-order valence-corrected chi connectivity index (χ0v) is 33.8. The smallest absolute Gasteiger partial charge is 0.162 e. The van der Waals surface area contributed by atoms with Gasteiger partial charge in [0.25, 0.3) is 0 Å². The van der Waals surface area contributed by atoms with Gasteiger partial charge in [-0.1, -0.05) is 91.5 Å². The fourth-order valence-electron chi connectivity index (χ4n) is 6.04. The zero-order chi connectivity index (χ0) is 35.0. The molecule has 0 aliphatic carbocycles. The summed E-state index contributed by atoms with van der Waals surface area (Å²) in [6.45, 7) is 19.3. The standard InChI is InChI=1S/C29H28N3S.C13H24O2.Ir/c1-18(2)10-22-12-21-16-30-27(15-28(21)33-22)26-14-25(31-17-32-26)20-11-19-8-6-7-9-23(19)24(13-20)29(3,4)5;1-5-10(6-2)12(14)9-13(15)11(7-3)8-4;/h6-9,12-18H,10H2,1-5H3;9-11,14H,5-8H2,1-4H3;/q-1;;/b;12-9-;. The van der Waals surface area contributed by atoms with E-state index in [1.54, 1.807) is 6.33 Å². The number of thiophene rings is 1. The molecule has 7 heteroatoms. The summed E-state index contributed by atoms with van der Waals surface area (Å²) in [7, 11) is 0. The number of aromatic nitrogens is 3.